The second kappa shape index (κ2) is 10.2. The molecule has 0 aliphatic carbocycles. The lowest BCUT2D eigenvalue weighted by Gasteiger charge is -2.07. The van der Waals surface area contributed by atoms with Crippen LogP contribution in [0.4, 0.5) is 0 Å². The lowest BCUT2D eigenvalue weighted by atomic mass is 10.0. The molecule has 0 fully saturated rings. The highest BCUT2D eigenvalue weighted by Gasteiger charge is 2.09. The van der Waals surface area contributed by atoms with Crippen LogP contribution in [0.5, 0.6) is 5.75 Å². The van der Waals surface area contributed by atoms with Crippen molar-refractivity contribution in [3.8, 4) is 5.75 Å². The van der Waals surface area contributed by atoms with Crippen LogP contribution in [-0.4, -0.2) is 37.2 Å². The molecule has 26 heavy (non-hydrogen) atoms. The summed E-state index contributed by atoms with van der Waals surface area (Å²) in [6.07, 6.45) is 4.45. The first-order chi connectivity index (χ1) is 12.6. The third-order valence-corrected chi connectivity index (χ3v) is 3.72. The molecule has 0 spiro atoms. The summed E-state index contributed by atoms with van der Waals surface area (Å²) in [6, 6.07) is 14.0. The van der Waals surface area contributed by atoms with Gasteiger partial charge in [0.25, 0.3) is 0 Å². The van der Waals surface area contributed by atoms with Crippen LogP contribution in [0, 0.1) is 0 Å². The van der Waals surface area contributed by atoms with Gasteiger partial charge >= 0.3 is 5.97 Å². The Labute approximate surface area is 152 Å². The van der Waals surface area contributed by atoms with Crippen molar-refractivity contribution >= 4 is 17.8 Å². The van der Waals surface area contributed by atoms with Gasteiger partial charge in [-0.25, -0.2) is 4.79 Å². The Balaban J connectivity index is 1.97. The Morgan fingerprint density at radius 2 is 1.58 bits per heavy atom. The fourth-order valence-electron chi connectivity index (χ4n) is 2.25. The van der Waals surface area contributed by atoms with Crippen LogP contribution in [-0.2, 0) is 9.53 Å². The Hall–Kier alpha value is -2.92. The molecule has 0 aromatic heterocycles. The fourth-order valence-corrected chi connectivity index (χ4v) is 2.25. The maximum atomic E-state index is 12.5. The Morgan fingerprint density at radius 3 is 2.15 bits per heavy atom. The van der Waals surface area contributed by atoms with Crippen molar-refractivity contribution in [2.45, 2.75) is 12.8 Å². The van der Waals surface area contributed by atoms with Gasteiger partial charge < -0.3 is 14.6 Å². The van der Waals surface area contributed by atoms with Gasteiger partial charge in [-0.2, -0.15) is 0 Å². The quantitative estimate of drug-likeness (QED) is 0.324. The van der Waals surface area contributed by atoms with Gasteiger partial charge in [0.05, 0.1) is 13.7 Å². The van der Waals surface area contributed by atoms with Gasteiger partial charge in [-0.05, 0) is 48.7 Å². The maximum absolute atomic E-state index is 12.5. The minimum atomic E-state index is -0.427. The molecular weight excluding hydrogens is 332 g/mol. The van der Waals surface area contributed by atoms with Crippen molar-refractivity contribution in [3.05, 3.63) is 71.3 Å². The first-order valence-electron chi connectivity index (χ1n) is 8.38. The maximum Gasteiger partial charge on any atom is 0.330 e. The summed E-state index contributed by atoms with van der Waals surface area (Å²) in [6.45, 7) is 0.697. The number of aliphatic hydroxyl groups is 1. The smallest absolute Gasteiger partial charge is 0.330 e. The standard InChI is InChI=1S/C21H22O5/c1-25-20(23)13-6-16-4-7-17(8-5-16)21(24)18-9-11-19(12-10-18)26-15-3-2-14-22/h4-13,22H,2-3,14-15H2,1H3/b13-6+. The minimum Gasteiger partial charge on any atom is -0.494 e. The topological polar surface area (TPSA) is 72.8 Å². The van der Waals surface area contributed by atoms with Crippen LogP contribution in [0.3, 0.4) is 0 Å². The average molecular weight is 354 g/mol. The van der Waals surface area contributed by atoms with Gasteiger partial charge in [-0.3, -0.25) is 4.79 Å². The van der Waals surface area contributed by atoms with E-state index in [2.05, 4.69) is 4.74 Å². The molecule has 0 bridgehead atoms. The van der Waals surface area contributed by atoms with Crippen molar-refractivity contribution in [1.29, 1.82) is 0 Å². The van der Waals surface area contributed by atoms with Crippen molar-refractivity contribution in [2.75, 3.05) is 20.3 Å². The molecule has 5 heteroatoms. The van der Waals surface area contributed by atoms with Crippen molar-refractivity contribution < 1.29 is 24.2 Å². The monoisotopic (exact) mass is 354 g/mol. The molecule has 136 valence electrons. The molecule has 0 saturated carbocycles. The van der Waals surface area contributed by atoms with Gasteiger partial charge in [0.1, 0.15) is 5.75 Å². The molecule has 0 amide bonds. The van der Waals surface area contributed by atoms with Gasteiger partial charge in [0, 0.05) is 23.8 Å². The van der Waals surface area contributed by atoms with Crippen LogP contribution < -0.4 is 4.74 Å². The summed E-state index contributed by atoms with van der Waals surface area (Å²) in [7, 11) is 1.32. The van der Waals surface area contributed by atoms with E-state index in [0.29, 0.717) is 29.9 Å². The molecule has 2 rings (SSSR count). The zero-order chi connectivity index (χ0) is 18.8. The number of aliphatic hydroxyl groups excluding tert-OH is 1. The SMILES string of the molecule is COC(=O)/C=C/c1ccc(C(=O)c2ccc(OCCCCO)cc2)cc1. The van der Waals surface area contributed by atoms with Crippen molar-refractivity contribution in [3.63, 3.8) is 0 Å². The molecule has 0 atom stereocenters. The number of carbonyl (C=O) groups excluding carboxylic acids is 2. The molecular formula is C21H22O5. The number of rotatable bonds is 9. The van der Waals surface area contributed by atoms with Crippen LogP contribution in [0.15, 0.2) is 54.6 Å². The summed E-state index contributed by atoms with van der Waals surface area (Å²) >= 11 is 0. The number of ether oxygens (including phenoxy) is 2. The van der Waals surface area contributed by atoms with E-state index in [0.717, 1.165) is 12.0 Å². The van der Waals surface area contributed by atoms with Crippen molar-refractivity contribution in [2.24, 2.45) is 0 Å². The predicted molar refractivity (Wildman–Crippen MR) is 99.2 cm³/mol. The van der Waals surface area contributed by atoms with E-state index in [-0.39, 0.29) is 12.4 Å². The third-order valence-electron chi connectivity index (χ3n) is 3.72. The number of ketones is 1. The zero-order valence-corrected chi connectivity index (χ0v) is 14.7. The highest BCUT2D eigenvalue weighted by molar-refractivity contribution is 6.09. The van der Waals surface area contributed by atoms with Gasteiger partial charge in [0.2, 0.25) is 0 Å². The summed E-state index contributed by atoms with van der Waals surface area (Å²) in [5.41, 5.74) is 1.95. The molecule has 2 aromatic rings. The molecule has 5 nitrogen and oxygen atoms in total. The molecule has 1 N–H and O–H groups in total. The number of carbonyl (C=O) groups is 2. The summed E-state index contributed by atoms with van der Waals surface area (Å²) < 4.78 is 10.1. The number of hydrogen-bond donors (Lipinski definition) is 1. The van der Waals surface area contributed by atoms with Crippen LogP contribution >= 0.6 is 0 Å². The Morgan fingerprint density at radius 1 is 0.962 bits per heavy atom. The van der Waals surface area contributed by atoms with Crippen LogP contribution in [0.25, 0.3) is 6.08 Å². The largest absolute Gasteiger partial charge is 0.494 e. The number of esters is 1. The molecule has 0 unspecified atom stereocenters. The van der Waals surface area contributed by atoms with E-state index in [9.17, 15) is 9.59 Å². The molecule has 0 saturated heterocycles. The normalized spacial score (nSPS) is 10.7. The van der Waals surface area contributed by atoms with Crippen LogP contribution in [0.1, 0.15) is 34.3 Å². The van der Waals surface area contributed by atoms with Gasteiger partial charge in [-0.15, -0.1) is 0 Å². The van der Waals surface area contributed by atoms with Crippen LogP contribution in [0.2, 0.25) is 0 Å². The fraction of sp³-hybridized carbons (Fsp3) is 0.238. The predicted octanol–water partition coefficient (Wildman–Crippen LogP) is 3.26. The number of hydrogen-bond acceptors (Lipinski definition) is 5. The van der Waals surface area contributed by atoms with E-state index in [1.54, 1.807) is 54.6 Å². The highest BCUT2D eigenvalue weighted by atomic mass is 16.5. The van der Waals surface area contributed by atoms with E-state index in [1.807, 2.05) is 0 Å². The second-order valence-corrected chi connectivity index (χ2v) is 5.61. The van der Waals surface area contributed by atoms with E-state index >= 15 is 0 Å². The Kier molecular flexibility index (Phi) is 7.58. The lowest BCUT2D eigenvalue weighted by Crippen LogP contribution is -2.02. The molecule has 0 heterocycles. The third kappa shape index (κ3) is 5.86. The highest BCUT2D eigenvalue weighted by Crippen LogP contribution is 2.16. The lowest BCUT2D eigenvalue weighted by molar-refractivity contribution is -0.134. The number of unbranched alkanes of at least 4 members (excludes halogenated alkanes) is 1. The summed E-state index contributed by atoms with van der Waals surface area (Å²) in [4.78, 5) is 23.6. The molecule has 0 aliphatic rings. The average Bonchev–Trinajstić information content (AvgIpc) is 2.69. The van der Waals surface area contributed by atoms with E-state index < -0.39 is 5.97 Å². The van der Waals surface area contributed by atoms with Gasteiger partial charge in [0.15, 0.2) is 5.78 Å². The first kappa shape index (κ1) is 19.4. The minimum absolute atomic E-state index is 0.0830. The zero-order valence-electron chi connectivity index (χ0n) is 14.7. The summed E-state index contributed by atoms with van der Waals surface area (Å²) in [5.74, 6) is 0.187. The number of methoxy groups -OCH3 is 1. The van der Waals surface area contributed by atoms with E-state index in [4.69, 9.17) is 9.84 Å². The molecule has 2 aromatic carbocycles. The molecule has 0 radical (unpaired) electrons. The van der Waals surface area contributed by atoms with Crippen molar-refractivity contribution in [1.82, 2.24) is 0 Å². The number of benzene rings is 2. The van der Waals surface area contributed by atoms with E-state index in [1.165, 1.54) is 13.2 Å². The summed E-state index contributed by atoms with van der Waals surface area (Å²) in [5, 5.41) is 8.73. The Bertz CT molecular complexity index is 745. The second-order valence-electron chi connectivity index (χ2n) is 5.61. The molecule has 0 aliphatic heterocycles. The first-order valence-corrected chi connectivity index (χ1v) is 8.38. The van der Waals surface area contributed by atoms with Gasteiger partial charge in [-0.1, -0.05) is 24.3 Å².